The highest BCUT2D eigenvalue weighted by atomic mass is 19.1. The molecule has 2 saturated heterocycles. The minimum atomic E-state index is -2.06. The van der Waals surface area contributed by atoms with E-state index < -0.39 is 101 Å². The van der Waals surface area contributed by atoms with E-state index in [1.54, 1.807) is 39.0 Å². The van der Waals surface area contributed by atoms with E-state index in [1.165, 1.54) is 15.5 Å². The molecule has 3 N–H and O–H groups in total. The van der Waals surface area contributed by atoms with E-state index in [0.29, 0.717) is 81.7 Å². The van der Waals surface area contributed by atoms with E-state index in [-0.39, 0.29) is 69.3 Å². The first-order chi connectivity index (χ1) is 32.9. The van der Waals surface area contributed by atoms with Crippen molar-refractivity contribution in [3.63, 3.8) is 0 Å². The lowest BCUT2D eigenvalue weighted by Crippen LogP contribution is -2.47. The Labute approximate surface area is 393 Å². The van der Waals surface area contributed by atoms with Gasteiger partial charge in [0.15, 0.2) is 12.2 Å². The fourth-order valence-electron chi connectivity index (χ4n) is 10.4. The van der Waals surface area contributed by atoms with Crippen molar-refractivity contribution in [1.29, 1.82) is 0 Å². The molecule has 6 heterocycles. The molecule has 0 radical (unpaired) electrons. The number of amides is 5. The zero-order valence-corrected chi connectivity index (χ0v) is 38.3. The standard InChI is InChI=1S/C48H51FN6O14/c1-4-48(65)29-18-34-41-27(21-54(34)42(60)28(29)22-67-45(48)63)40-31(11-10-26-24(2)30(49)19-32(52-41)39(26)40)51-35(56)23-66-43(61)33-9-7-17-53(33)38(59)20-50-46(64)68-25-8-5-6-15-47(3,16-14-25)44(62)69-55-36(57)12-13-37(55)58/h5,8,18-19,25,31,33,65H,4,6-7,9-17,20-23H2,1-3H3,(H,50,64)(H,51,56)/b8-5+/t25-,31-,33-,47+,48-/m0/s1. The number of imide groups is 1. The van der Waals surface area contributed by atoms with E-state index in [2.05, 4.69) is 10.6 Å². The van der Waals surface area contributed by atoms with Crippen LogP contribution in [0.2, 0.25) is 0 Å². The van der Waals surface area contributed by atoms with Crippen LogP contribution in [0.25, 0.3) is 22.3 Å². The number of hydrogen-bond acceptors (Lipinski definition) is 15. The second-order valence-corrected chi connectivity index (χ2v) is 18.6. The van der Waals surface area contributed by atoms with Crippen molar-refractivity contribution in [2.45, 2.75) is 128 Å². The molecule has 9 rings (SSSR count). The van der Waals surface area contributed by atoms with Crippen LogP contribution in [0.4, 0.5) is 9.18 Å². The zero-order valence-electron chi connectivity index (χ0n) is 38.3. The van der Waals surface area contributed by atoms with Crippen LogP contribution in [0.3, 0.4) is 0 Å². The number of alkyl carbamates (subject to hydrolysis) is 1. The van der Waals surface area contributed by atoms with Gasteiger partial charge in [0.1, 0.15) is 31.1 Å². The second-order valence-electron chi connectivity index (χ2n) is 18.6. The smallest absolute Gasteiger partial charge is 0.408 e. The lowest BCUT2D eigenvalue weighted by molar-refractivity contribution is -0.205. The van der Waals surface area contributed by atoms with Gasteiger partial charge >= 0.3 is 24.0 Å². The van der Waals surface area contributed by atoms with E-state index in [1.807, 2.05) is 0 Å². The number of halogens is 1. The minimum Gasteiger partial charge on any atom is -0.458 e. The fourth-order valence-corrected chi connectivity index (χ4v) is 10.4. The molecule has 5 amide bonds. The van der Waals surface area contributed by atoms with Crippen molar-refractivity contribution in [3.05, 3.63) is 73.8 Å². The number of allylic oxidation sites excluding steroid dienone is 1. The Kier molecular flexibility index (Phi) is 12.4. The predicted octanol–water partition coefficient (Wildman–Crippen LogP) is 3.00. The fraction of sp³-hybridized carbons (Fsp3) is 0.500. The largest absolute Gasteiger partial charge is 0.458 e. The van der Waals surface area contributed by atoms with Gasteiger partial charge in [-0.05, 0) is 100 Å². The van der Waals surface area contributed by atoms with Gasteiger partial charge in [-0.2, -0.15) is 0 Å². The third-order valence-electron chi connectivity index (χ3n) is 14.4. The van der Waals surface area contributed by atoms with E-state index in [9.17, 15) is 48.3 Å². The lowest BCUT2D eigenvalue weighted by Gasteiger charge is -2.31. The van der Waals surface area contributed by atoms with Crippen LogP contribution >= 0.6 is 0 Å². The first kappa shape index (κ1) is 47.1. The van der Waals surface area contributed by atoms with Gasteiger partial charge < -0.3 is 44.3 Å². The van der Waals surface area contributed by atoms with E-state index >= 15 is 4.39 Å². The van der Waals surface area contributed by atoms with Crippen molar-refractivity contribution < 1.29 is 66.9 Å². The molecule has 364 valence electrons. The number of fused-ring (bicyclic) bond motifs is 5. The quantitative estimate of drug-likeness (QED) is 0.0894. The molecule has 2 aliphatic carbocycles. The molecule has 0 spiro atoms. The van der Waals surface area contributed by atoms with E-state index in [0.717, 1.165) is 0 Å². The normalized spacial score (nSPS) is 25.2. The van der Waals surface area contributed by atoms with Gasteiger partial charge in [0.2, 0.25) is 5.91 Å². The number of nitrogens with zero attached hydrogens (tertiary/aromatic N) is 4. The molecule has 5 atom stereocenters. The van der Waals surface area contributed by atoms with Gasteiger partial charge in [-0.15, -0.1) is 5.06 Å². The van der Waals surface area contributed by atoms with Gasteiger partial charge in [0.05, 0.1) is 40.5 Å². The van der Waals surface area contributed by atoms with Crippen LogP contribution in [0.1, 0.15) is 117 Å². The number of nitrogens with one attached hydrogen (secondary N) is 2. The number of ether oxygens (including phenoxy) is 3. The summed E-state index contributed by atoms with van der Waals surface area (Å²) in [6.45, 7) is 3.61. The number of rotatable bonds is 10. The Morgan fingerprint density at radius 2 is 1.77 bits per heavy atom. The molecule has 69 heavy (non-hydrogen) atoms. The van der Waals surface area contributed by atoms with Gasteiger partial charge in [0.25, 0.3) is 23.3 Å². The highest BCUT2D eigenvalue weighted by Gasteiger charge is 2.47. The van der Waals surface area contributed by atoms with Crippen LogP contribution in [0, 0.1) is 18.2 Å². The van der Waals surface area contributed by atoms with Crippen molar-refractivity contribution >= 4 is 58.5 Å². The number of pyridine rings is 2. The Balaban J connectivity index is 0.824. The third kappa shape index (κ3) is 8.39. The summed E-state index contributed by atoms with van der Waals surface area (Å²) in [6.07, 6.45) is 4.20. The summed E-state index contributed by atoms with van der Waals surface area (Å²) in [5.74, 6) is -5.33. The number of carbonyl (C=O) groups is 8. The highest BCUT2D eigenvalue weighted by Crippen LogP contribution is 2.46. The molecule has 20 nitrogen and oxygen atoms in total. The number of aromatic nitrogens is 2. The van der Waals surface area contributed by atoms with Crippen LogP contribution in [-0.2, 0) is 77.8 Å². The Bertz CT molecular complexity index is 2850. The minimum absolute atomic E-state index is 0.0345. The maximum Gasteiger partial charge on any atom is 0.408 e. The number of hydrogen-bond donors (Lipinski definition) is 3. The Morgan fingerprint density at radius 3 is 2.52 bits per heavy atom. The maximum absolute atomic E-state index is 15.4. The van der Waals surface area contributed by atoms with Gasteiger partial charge in [-0.1, -0.05) is 13.0 Å². The van der Waals surface area contributed by atoms with Gasteiger partial charge in [0, 0.05) is 42.0 Å². The summed E-state index contributed by atoms with van der Waals surface area (Å²) < 4.78 is 33.1. The first-order valence-corrected chi connectivity index (χ1v) is 23.2. The molecular formula is C48H51FN6O14. The summed E-state index contributed by atoms with van der Waals surface area (Å²) in [6, 6.07) is 1.15. The van der Waals surface area contributed by atoms with Crippen molar-refractivity contribution in [1.82, 2.24) is 30.1 Å². The van der Waals surface area contributed by atoms with E-state index in [4.69, 9.17) is 24.0 Å². The number of esters is 2. The number of aryl methyl sites for hydroxylation is 1. The number of benzene rings is 1. The number of aliphatic hydroxyl groups is 1. The number of carbonyl (C=O) groups excluding carboxylic acids is 8. The summed E-state index contributed by atoms with van der Waals surface area (Å²) in [4.78, 5) is 128. The summed E-state index contributed by atoms with van der Waals surface area (Å²) in [5, 5.41) is 17.9. The van der Waals surface area contributed by atoms with Crippen LogP contribution < -0.4 is 16.2 Å². The third-order valence-corrected chi connectivity index (χ3v) is 14.4. The van der Waals surface area contributed by atoms with Gasteiger partial charge in [-0.3, -0.25) is 24.0 Å². The number of likely N-dealkylation sites (tertiary alicyclic amines) is 1. The second kappa shape index (κ2) is 18.1. The molecule has 3 aromatic rings. The van der Waals surface area contributed by atoms with Crippen LogP contribution in [0.5, 0.6) is 0 Å². The zero-order chi connectivity index (χ0) is 49.1. The Hall–Kier alpha value is -7.03. The van der Waals surface area contributed by atoms with Crippen molar-refractivity contribution in [2.75, 3.05) is 19.7 Å². The molecular weight excluding hydrogens is 904 g/mol. The van der Waals surface area contributed by atoms with Crippen LogP contribution in [0.15, 0.2) is 29.1 Å². The van der Waals surface area contributed by atoms with Crippen molar-refractivity contribution in [2.24, 2.45) is 5.41 Å². The SMILES string of the molecule is CC[C@@]1(O)C(=O)OCc2c1cc1n(c2=O)Cc2c-1nc1cc(F)c(C)c3c1c2[C@@H](NC(=O)COC(=O)[C@@H]1CCCN1C(=O)CNC(=O)O[C@H]1/C=C/CC[C@@](C)(C(=O)ON2C(=O)CCC2=O)CC1)CC3. The molecule has 4 aliphatic heterocycles. The molecule has 1 aromatic carbocycles. The van der Waals surface area contributed by atoms with Crippen LogP contribution in [-0.4, -0.2) is 104 Å². The molecule has 0 saturated carbocycles. The predicted molar refractivity (Wildman–Crippen MR) is 235 cm³/mol. The summed E-state index contributed by atoms with van der Waals surface area (Å²) in [5.41, 5.74) is -0.0688. The van der Waals surface area contributed by atoms with Gasteiger partial charge in [-0.25, -0.2) is 28.6 Å². The monoisotopic (exact) mass is 954 g/mol. The molecule has 0 bridgehead atoms. The average molecular weight is 955 g/mol. The number of hydroxylamine groups is 2. The maximum atomic E-state index is 15.4. The number of cyclic esters (lactones) is 1. The molecule has 2 fully saturated rings. The van der Waals surface area contributed by atoms with Crippen molar-refractivity contribution in [3.8, 4) is 11.4 Å². The first-order valence-electron chi connectivity index (χ1n) is 23.2. The highest BCUT2D eigenvalue weighted by molar-refractivity contribution is 6.02. The average Bonchev–Trinajstić information content (AvgIpc) is 4.05. The summed E-state index contributed by atoms with van der Waals surface area (Å²) >= 11 is 0. The Morgan fingerprint density at radius 1 is 1.00 bits per heavy atom. The lowest BCUT2D eigenvalue weighted by atomic mass is 9.79. The topological polar surface area (TPSA) is 259 Å². The summed E-state index contributed by atoms with van der Waals surface area (Å²) in [7, 11) is 0. The molecule has 6 aliphatic rings. The molecule has 0 unspecified atom stereocenters. The molecule has 21 heteroatoms. The molecule has 2 aromatic heterocycles.